The Balaban J connectivity index is 1.75. The molecule has 3 rings (SSSR count). The van der Waals surface area contributed by atoms with E-state index >= 15 is 0 Å². The molecule has 0 unspecified atom stereocenters. The van der Waals surface area contributed by atoms with E-state index in [0.29, 0.717) is 32.4 Å². The Hall–Kier alpha value is -2.00. The van der Waals surface area contributed by atoms with Crippen molar-refractivity contribution in [1.82, 2.24) is 14.1 Å². The van der Waals surface area contributed by atoms with Gasteiger partial charge in [0, 0.05) is 33.7 Å². The number of carbonyl (C=O) groups excluding carboxylic acids is 2. The number of carbonyl (C=O) groups is 2. The fourth-order valence-electron chi connectivity index (χ4n) is 3.94. The third-order valence-electron chi connectivity index (χ3n) is 5.45. The number of piperidine rings is 1. The Bertz CT molecular complexity index is 841. The molecule has 2 heterocycles. The minimum atomic E-state index is -3.79. The van der Waals surface area contributed by atoms with Crippen LogP contribution >= 0.6 is 0 Å². The van der Waals surface area contributed by atoms with Crippen molar-refractivity contribution >= 4 is 21.8 Å². The first kappa shape index (κ1) is 20.7. The van der Waals surface area contributed by atoms with E-state index in [-0.39, 0.29) is 23.3 Å². The van der Waals surface area contributed by atoms with E-state index in [1.807, 2.05) is 0 Å². The van der Waals surface area contributed by atoms with Crippen molar-refractivity contribution in [1.29, 1.82) is 0 Å². The summed E-state index contributed by atoms with van der Waals surface area (Å²) in [5.41, 5.74) is 0. The molecule has 28 heavy (non-hydrogen) atoms. The molecule has 0 aromatic heterocycles. The molecule has 1 aromatic carbocycles. The zero-order chi connectivity index (χ0) is 20.5. The van der Waals surface area contributed by atoms with Crippen LogP contribution in [0.4, 0.5) is 4.39 Å². The van der Waals surface area contributed by atoms with Gasteiger partial charge >= 0.3 is 0 Å². The number of nitrogens with zero attached hydrogens (tertiary/aromatic N) is 3. The number of sulfonamides is 1. The molecule has 2 amide bonds. The number of amides is 2. The molecule has 1 aromatic rings. The van der Waals surface area contributed by atoms with Gasteiger partial charge in [-0.15, -0.1) is 0 Å². The minimum Gasteiger partial charge on any atom is -0.347 e. The molecule has 2 aliphatic heterocycles. The van der Waals surface area contributed by atoms with Crippen LogP contribution in [-0.2, 0) is 19.6 Å². The zero-order valence-electron chi connectivity index (χ0n) is 16.2. The van der Waals surface area contributed by atoms with Crippen molar-refractivity contribution in [3.8, 4) is 0 Å². The van der Waals surface area contributed by atoms with E-state index < -0.39 is 27.8 Å². The Morgan fingerprint density at radius 3 is 2.36 bits per heavy atom. The first-order chi connectivity index (χ1) is 13.2. The summed E-state index contributed by atoms with van der Waals surface area (Å²) in [6.07, 6.45) is 2.55. The molecule has 154 valence electrons. The summed E-state index contributed by atoms with van der Waals surface area (Å²) in [4.78, 5) is 28.6. The second-order valence-electron chi connectivity index (χ2n) is 7.58. The highest BCUT2D eigenvalue weighted by molar-refractivity contribution is 7.89. The summed E-state index contributed by atoms with van der Waals surface area (Å²) in [5, 5.41) is 0. The maximum atomic E-state index is 13.1. The summed E-state index contributed by atoms with van der Waals surface area (Å²) in [6, 6.07) is 4.24. The molecule has 9 heteroatoms. The Morgan fingerprint density at radius 2 is 1.71 bits per heavy atom. The van der Waals surface area contributed by atoms with Gasteiger partial charge in [0.15, 0.2) is 0 Å². The lowest BCUT2D eigenvalue weighted by atomic mass is 9.97. The minimum absolute atomic E-state index is 0.0174. The van der Waals surface area contributed by atoms with Gasteiger partial charge in [-0.2, -0.15) is 4.31 Å². The summed E-state index contributed by atoms with van der Waals surface area (Å²) in [7, 11) is -0.456. The van der Waals surface area contributed by atoms with E-state index in [9.17, 15) is 22.4 Å². The van der Waals surface area contributed by atoms with Crippen LogP contribution in [0.5, 0.6) is 0 Å². The molecule has 2 saturated heterocycles. The molecule has 0 spiro atoms. The topological polar surface area (TPSA) is 78.0 Å². The molecular formula is C19H26FN3O4S. The van der Waals surface area contributed by atoms with Crippen molar-refractivity contribution in [3.63, 3.8) is 0 Å². The number of hydrogen-bond acceptors (Lipinski definition) is 4. The molecule has 0 radical (unpaired) electrons. The number of halogens is 1. The number of likely N-dealkylation sites (tertiary alicyclic amines) is 1. The highest BCUT2D eigenvalue weighted by Crippen LogP contribution is 2.28. The predicted octanol–water partition coefficient (Wildman–Crippen LogP) is 1.31. The van der Waals surface area contributed by atoms with Gasteiger partial charge < -0.3 is 9.80 Å². The summed E-state index contributed by atoms with van der Waals surface area (Å²) in [6.45, 7) is 0.922. The summed E-state index contributed by atoms with van der Waals surface area (Å²) < 4.78 is 40.2. The SMILES string of the molecule is CN(C)C(=O)[C@@H]1CCCN1C(=O)[C@H]1CCCN(S(=O)(=O)c2ccc(F)cc2)C1. The van der Waals surface area contributed by atoms with Gasteiger partial charge in [0.25, 0.3) is 0 Å². The van der Waals surface area contributed by atoms with Crippen molar-refractivity contribution in [2.24, 2.45) is 5.92 Å². The standard InChI is InChI=1S/C19H26FN3O4S/c1-21(2)19(25)17-6-4-12-23(17)18(24)14-5-3-11-22(13-14)28(26,27)16-9-7-15(20)8-10-16/h7-10,14,17H,3-6,11-13H2,1-2H3/t14-,17-/m0/s1. The maximum Gasteiger partial charge on any atom is 0.244 e. The average molecular weight is 411 g/mol. The van der Waals surface area contributed by atoms with Crippen LogP contribution in [0.15, 0.2) is 29.2 Å². The van der Waals surface area contributed by atoms with Gasteiger partial charge in [-0.1, -0.05) is 0 Å². The second kappa shape index (κ2) is 8.16. The Labute approximate surface area is 165 Å². The molecule has 0 N–H and O–H groups in total. The molecule has 0 bridgehead atoms. The fourth-order valence-corrected chi connectivity index (χ4v) is 5.46. The van der Waals surface area contributed by atoms with Crippen LogP contribution in [0.1, 0.15) is 25.7 Å². The van der Waals surface area contributed by atoms with Crippen LogP contribution in [-0.4, -0.2) is 74.1 Å². The third kappa shape index (κ3) is 4.05. The Kier molecular flexibility index (Phi) is 6.04. The number of likely N-dealkylation sites (N-methyl/N-ethyl adjacent to an activating group) is 1. The van der Waals surface area contributed by atoms with Crippen LogP contribution in [0, 0.1) is 11.7 Å². The predicted molar refractivity (Wildman–Crippen MR) is 101 cm³/mol. The highest BCUT2D eigenvalue weighted by Gasteiger charge is 2.40. The second-order valence-corrected chi connectivity index (χ2v) is 9.52. The van der Waals surface area contributed by atoms with Crippen molar-refractivity contribution in [3.05, 3.63) is 30.1 Å². The third-order valence-corrected chi connectivity index (χ3v) is 7.33. The lowest BCUT2D eigenvalue weighted by Gasteiger charge is -2.35. The first-order valence-corrected chi connectivity index (χ1v) is 10.9. The smallest absolute Gasteiger partial charge is 0.244 e. The molecule has 2 fully saturated rings. The fraction of sp³-hybridized carbons (Fsp3) is 0.579. The number of hydrogen-bond donors (Lipinski definition) is 0. The summed E-state index contributed by atoms with van der Waals surface area (Å²) >= 11 is 0. The molecule has 2 aliphatic rings. The van der Waals surface area contributed by atoms with E-state index in [0.717, 1.165) is 18.6 Å². The molecule has 0 saturated carbocycles. The summed E-state index contributed by atoms with van der Waals surface area (Å²) in [5.74, 6) is -1.23. The largest absolute Gasteiger partial charge is 0.347 e. The first-order valence-electron chi connectivity index (χ1n) is 9.49. The van der Waals surface area contributed by atoms with Gasteiger partial charge in [0.2, 0.25) is 21.8 Å². The molecular weight excluding hydrogens is 385 g/mol. The molecule has 7 nitrogen and oxygen atoms in total. The van der Waals surface area contributed by atoms with Gasteiger partial charge in [-0.3, -0.25) is 9.59 Å². The van der Waals surface area contributed by atoms with E-state index in [1.54, 1.807) is 19.0 Å². The normalized spacial score (nSPS) is 23.6. The van der Waals surface area contributed by atoms with Gasteiger partial charge in [0.05, 0.1) is 10.8 Å². The lowest BCUT2D eigenvalue weighted by molar-refractivity contribution is -0.145. The van der Waals surface area contributed by atoms with Gasteiger partial charge in [0.1, 0.15) is 11.9 Å². The van der Waals surface area contributed by atoms with Crippen molar-refractivity contribution < 1.29 is 22.4 Å². The van der Waals surface area contributed by atoms with Crippen LogP contribution in [0.2, 0.25) is 0 Å². The van der Waals surface area contributed by atoms with Crippen molar-refractivity contribution in [2.75, 3.05) is 33.7 Å². The van der Waals surface area contributed by atoms with Gasteiger partial charge in [-0.25, -0.2) is 12.8 Å². The van der Waals surface area contributed by atoms with Crippen molar-refractivity contribution in [2.45, 2.75) is 36.6 Å². The Morgan fingerprint density at radius 1 is 1.07 bits per heavy atom. The lowest BCUT2D eigenvalue weighted by Crippen LogP contribution is -2.51. The van der Waals surface area contributed by atoms with E-state index in [2.05, 4.69) is 0 Å². The molecule has 2 atom stereocenters. The zero-order valence-corrected chi connectivity index (χ0v) is 17.0. The van der Waals surface area contributed by atoms with Crippen LogP contribution in [0.25, 0.3) is 0 Å². The van der Waals surface area contributed by atoms with Gasteiger partial charge in [-0.05, 0) is 49.9 Å². The maximum absolute atomic E-state index is 13.1. The molecule has 0 aliphatic carbocycles. The average Bonchev–Trinajstić information content (AvgIpc) is 3.16. The monoisotopic (exact) mass is 411 g/mol. The van der Waals surface area contributed by atoms with E-state index in [1.165, 1.54) is 21.3 Å². The van der Waals surface area contributed by atoms with E-state index in [4.69, 9.17) is 0 Å². The number of rotatable bonds is 4. The van der Waals surface area contributed by atoms with Crippen LogP contribution in [0.3, 0.4) is 0 Å². The van der Waals surface area contributed by atoms with Crippen LogP contribution < -0.4 is 0 Å². The number of benzene rings is 1. The quantitative estimate of drug-likeness (QED) is 0.748. The highest BCUT2D eigenvalue weighted by atomic mass is 32.2.